The fourth-order valence-electron chi connectivity index (χ4n) is 1.55. The van der Waals surface area contributed by atoms with Gasteiger partial charge in [-0.1, -0.05) is 12.1 Å². The summed E-state index contributed by atoms with van der Waals surface area (Å²) in [6.45, 7) is 0. The number of amides is 1. The maximum atomic E-state index is 11.9. The van der Waals surface area contributed by atoms with Crippen LogP contribution in [0.15, 0.2) is 48.5 Å². The monoisotopic (exact) mass is 243 g/mol. The number of aromatic hydroxyl groups is 1. The van der Waals surface area contributed by atoms with E-state index < -0.39 is 0 Å². The zero-order valence-corrected chi connectivity index (χ0v) is 9.88. The molecule has 0 heterocycles. The Morgan fingerprint density at radius 2 is 1.94 bits per heavy atom. The highest BCUT2D eigenvalue weighted by molar-refractivity contribution is 6.04. The van der Waals surface area contributed by atoms with Gasteiger partial charge in [0, 0.05) is 17.3 Å². The van der Waals surface area contributed by atoms with Crippen LogP contribution in [-0.4, -0.2) is 18.1 Å². The molecule has 2 aromatic rings. The highest BCUT2D eigenvalue weighted by Crippen LogP contribution is 2.18. The first-order valence-corrected chi connectivity index (χ1v) is 5.43. The fourth-order valence-corrected chi connectivity index (χ4v) is 1.55. The molecule has 0 aromatic heterocycles. The largest absolute Gasteiger partial charge is 0.508 e. The molecule has 0 radical (unpaired) electrons. The van der Waals surface area contributed by atoms with Crippen molar-refractivity contribution in [1.29, 1.82) is 0 Å². The number of carbonyl (C=O) groups excluding carboxylic acids is 1. The second-order valence-corrected chi connectivity index (χ2v) is 3.74. The van der Waals surface area contributed by atoms with E-state index in [1.165, 1.54) is 6.07 Å². The molecule has 18 heavy (non-hydrogen) atoms. The van der Waals surface area contributed by atoms with Crippen LogP contribution in [0, 0.1) is 0 Å². The molecule has 0 bridgehead atoms. The van der Waals surface area contributed by atoms with Crippen LogP contribution in [0.2, 0.25) is 0 Å². The van der Waals surface area contributed by atoms with E-state index in [1.807, 2.05) is 0 Å². The molecule has 1 amide bonds. The average Bonchev–Trinajstić information content (AvgIpc) is 2.39. The van der Waals surface area contributed by atoms with Crippen molar-refractivity contribution in [3.8, 4) is 11.5 Å². The summed E-state index contributed by atoms with van der Waals surface area (Å²) >= 11 is 0. The minimum absolute atomic E-state index is 0.110. The third-order valence-corrected chi connectivity index (χ3v) is 2.44. The third kappa shape index (κ3) is 2.79. The van der Waals surface area contributed by atoms with Crippen LogP contribution in [0.3, 0.4) is 0 Å². The van der Waals surface area contributed by atoms with Crippen molar-refractivity contribution in [3.05, 3.63) is 54.1 Å². The molecule has 0 atom stereocenters. The summed E-state index contributed by atoms with van der Waals surface area (Å²) in [7, 11) is 1.55. The van der Waals surface area contributed by atoms with E-state index in [1.54, 1.807) is 49.6 Å². The lowest BCUT2D eigenvalue weighted by Gasteiger charge is -2.06. The first kappa shape index (κ1) is 12.0. The number of anilines is 1. The fraction of sp³-hybridized carbons (Fsp3) is 0.0714. The van der Waals surface area contributed by atoms with Gasteiger partial charge in [-0.2, -0.15) is 0 Å². The van der Waals surface area contributed by atoms with Crippen LogP contribution < -0.4 is 10.1 Å². The van der Waals surface area contributed by atoms with Gasteiger partial charge in [0.1, 0.15) is 11.5 Å². The molecule has 2 rings (SSSR count). The van der Waals surface area contributed by atoms with Crippen molar-refractivity contribution in [2.45, 2.75) is 0 Å². The molecule has 2 aromatic carbocycles. The number of hydrogen-bond donors (Lipinski definition) is 2. The van der Waals surface area contributed by atoms with E-state index in [2.05, 4.69) is 5.32 Å². The van der Waals surface area contributed by atoms with E-state index in [0.717, 1.165) is 0 Å². The van der Waals surface area contributed by atoms with Crippen molar-refractivity contribution < 1.29 is 14.6 Å². The second-order valence-electron chi connectivity index (χ2n) is 3.74. The van der Waals surface area contributed by atoms with Gasteiger partial charge in [0.25, 0.3) is 5.91 Å². The summed E-state index contributed by atoms with van der Waals surface area (Å²) in [5.74, 6) is 0.483. The Kier molecular flexibility index (Phi) is 3.48. The molecule has 4 nitrogen and oxygen atoms in total. The lowest BCUT2D eigenvalue weighted by molar-refractivity contribution is 0.102. The van der Waals surface area contributed by atoms with Gasteiger partial charge in [-0.25, -0.2) is 0 Å². The Morgan fingerprint density at radius 3 is 2.67 bits per heavy atom. The number of rotatable bonds is 3. The van der Waals surface area contributed by atoms with Crippen LogP contribution >= 0.6 is 0 Å². The molecule has 0 unspecified atom stereocenters. The first-order valence-electron chi connectivity index (χ1n) is 5.43. The van der Waals surface area contributed by atoms with Gasteiger partial charge in [-0.15, -0.1) is 0 Å². The molecular weight excluding hydrogens is 230 g/mol. The van der Waals surface area contributed by atoms with Gasteiger partial charge in [0.15, 0.2) is 0 Å². The molecule has 0 aliphatic rings. The van der Waals surface area contributed by atoms with Gasteiger partial charge >= 0.3 is 0 Å². The van der Waals surface area contributed by atoms with E-state index in [4.69, 9.17) is 4.74 Å². The van der Waals surface area contributed by atoms with E-state index in [0.29, 0.717) is 17.0 Å². The Labute approximate surface area is 105 Å². The zero-order chi connectivity index (χ0) is 13.0. The molecule has 0 saturated carbocycles. The van der Waals surface area contributed by atoms with Gasteiger partial charge in [-0.3, -0.25) is 4.79 Å². The zero-order valence-electron chi connectivity index (χ0n) is 9.88. The average molecular weight is 243 g/mol. The Bertz CT molecular complexity index is 566. The topological polar surface area (TPSA) is 58.6 Å². The van der Waals surface area contributed by atoms with Crippen molar-refractivity contribution in [2.24, 2.45) is 0 Å². The molecule has 4 heteroatoms. The molecule has 0 aliphatic carbocycles. The number of benzene rings is 2. The van der Waals surface area contributed by atoms with Crippen LogP contribution in [0.1, 0.15) is 10.4 Å². The highest BCUT2D eigenvalue weighted by atomic mass is 16.5. The van der Waals surface area contributed by atoms with Gasteiger partial charge in [0.05, 0.1) is 7.11 Å². The maximum Gasteiger partial charge on any atom is 0.255 e. The second kappa shape index (κ2) is 5.23. The van der Waals surface area contributed by atoms with E-state index in [9.17, 15) is 9.90 Å². The van der Waals surface area contributed by atoms with Gasteiger partial charge in [-0.05, 0) is 30.3 Å². The summed E-state index contributed by atoms with van der Waals surface area (Å²) < 4.78 is 5.05. The lowest BCUT2D eigenvalue weighted by Crippen LogP contribution is -2.11. The quantitative estimate of drug-likeness (QED) is 0.871. The molecule has 0 spiro atoms. The number of hydrogen-bond acceptors (Lipinski definition) is 3. The minimum atomic E-state index is -0.250. The van der Waals surface area contributed by atoms with Crippen molar-refractivity contribution in [2.75, 3.05) is 12.4 Å². The number of nitrogens with one attached hydrogen (secondary N) is 1. The molecule has 0 aliphatic heterocycles. The summed E-state index contributed by atoms with van der Waals surface area (Å²) in [5.41, 5.74) is 1.04. The summed E-state index contributed by atoms with van der Waals surface area (Å²) in [5, 5.41) is 12.0. The predicted molar refractivity (Wildman–Crippen MR) is 69.1 cm³/mol. The normalized spacial score (nSPS) is 9.83. The van der Waals surface area contributed by atoms with E-state index >= 15 is 0 Å². The van der Waals surface area contributed by atoms with Crippen molar-refractivity contribution in [1.82, 2.24) is 0 Å². The molecule has 0 saturated heterocycles. The minimum Gasteiger partial charge on any atom is -0.508 e. The first-order chi connectivity index (χ1) is 8.69. The third-order valence-electron chi connectivity index (χ3n) is 2.44. The predicted octanol–water partition coefficient (Wildman–Crippen LogP) is 2.65. The summed E-state index contributed by atoms with van der Waals surface area (Å²) in [6, 6.07) is 13.3. The van der Waals surface area contributed by atoms with Crippen molar-refractivity contribution in [3.63, 3.8) is 0 Å². The van der Waals surface area contributed by atoms with Gasteiger partial charge in [0.2, 0.25) is 0 Å². The smallest absolute Gasteiger partial charge is 0.255 e. The molecule has 0 fully saturated rings. The molecule has 2 N–H and O–H groups in total. The molecular formula is C14H13NO3. The summed E-state index contributed by atoms with van der Waals surface area (Å²) in [6.07, 6.45) is 0. The number of ether oxygens (including phenoxy) is 1. The standard InChI is InChI=1S/C14H13NO3/c1-18-13-7-2-4-10(8-13)14(17)15-11-5-3-6-12(16)9-11/h2-9,16H,1H3,(H,15,17). The summed E-state index contributed by atoms with van der Waals surface area (Å²) in [4.78, 5) is 11.9. The van der Waals surface area contributed by atoms with E-state index in [-0.39, 0.29) is 11.7 Å². The Hall–Kier alpha value is -2.49. The maximum absolute atomic E-state index is 11.9. The number of methoxy groups -OCH3 is 1. The lowest BCUT2D eigenvalue weighted by atomic mass is 10.2. The van der Waals surface area contributed by atoms with Crippen LogP contribution in [0.5, 0.6) is 11.5 Å². The van der Waals surface area contributed by atoms with Crippen LogP contribution in [0.4, 0.5) is 5.69 Å². The Morgan fingerprint density at radius 1 is 1.17 bits per heavy atom. The van der Waals surface area contributed by atoms with Crippen LogP contribution in [0.25, 0.3) is 0 Å². The number of phenolic OH excluding ortho intramolecular Hbond substituents is 1. The Balaban J connectivity index is 2.16. The number of carbonyl (C=O) groups is 1. The van der Waals surface area contributed by atoms with Crippen LogP contribution in [-0.2, 0) is 0 Å². The SMILES string of the molecule is COc1cccc(C(=O)Nc2cccc(O)c2)c1. The van der Waals surface area contributed by atoms with Gasteiger partial charge < -0.3 is 15.2 Å². The van der Waals surface area contributed by atoms with Crippen molar-refractivity contribution >= 4 is 11.6 Å². The molecule has 92 valence electrons. The highest BCUT2D eigenvalue weighted by Gasteiger charge is 2.07. The number of phenols is 1.